The number of hydrogen-bond donors (Lipinski definition) is 0. The lowest BCUT2D eigenvalue weighted by molar-refractivity contribution is -0.143. The lowest BCUT2D eigenvalue weighted by Crippen LogP contribution is -2.59. The van der Waals surface area contributed by atoms with E-state index in [1.54, 1.807) is 0 Å². The number of nitrogens with zero attached hydrogens (tertiary/aromatic N) is 1. The molecule has 0 aromatic heterocycles. The van der Waals surface area contributed by atoms with Gasteiger partial charge in [0.2, 0.25) is 0 Å². The molecule has 0 radical (unpaired) electrons. The first-order chi connectivity index (χ1) is 15.2. The Kier molecular flexibility index (Phi) is 5.40. The van der Waals surface area contributed by atoms with E-state index in [4.69, 9.17) is 14.2 Å². The number of fused-ring (bicyclic) bond motifs is 5. The maximum atomic E-state index is 13.1. The molecule has 0 saturated carbocycles. The molecule has 2 aromatic rings. The van der Waals surface area contributed by atoms with Crippen LogP contribution >= 0.6 is 0 Å². The molecule has 2 aromatic carbocycles. The minimum absolute atomic E-state index is 0.0457. The molecule has 5 rings (SSSR count). The van der Waals surface area contributed by atoms with Crippen LogP contribution in [-0.2, 0) is 19.0 Å². The van der Waals surface area contributed by atoms with E-state index in [0.29, 0.717) is 26.2 Å². The molecule has 2 unspecified atom stereocenters. The highest BCUT2D eigenvalue weighted by Gasteiger charge is 2.43. The van der Waals surface area contributed by atoms with Crippen LogP contribution < -0.4 is 0 Å². The molecule has 0 N–H and O–H groups in total. The maximum absolute atomic E-state index is 13.1. The van der Waals surface area contributed by atoms with Gasteiger partial charge in [-0.05, 0) is 41.0 Å². The van der Waals surface area contributed by atoms with Crippen molar-refractivity contribution in [3.05, 3.63) is 59.7 Å². The van der Waals surface area contributed by atoms with Crippen molar-refractivity contribution in [2.75, 3.05) is 26.9 Å². The number of amides is 1. The quantitative estimate of drug-likeness (QED) is 0.699. The van der Waals surface area contributed by atoms with Crippen LogP contribution in [0.2, 0.25) is 0 Å². The highest BCUT2D eigenvalue weighted by molar-refractivity contribution is 5.79. The normalized spacial score (nSPS) is 24.3. The molecule has 3 aliphatic rings. The van der Waals surface area contributed by atoms with Crippen molar-refractivity contribution in [2.45, 2.75) is 37.3 Å². The number of carbonyl (C=O) groups excluding carboxylic acids is 2. The van der Waals surface area contributed by atoms with Crippen LogP contribution in [0.4, 0.5) is 4.79 Å². The van der Waals surface area contributed by atoms with Crippen molar-refractivity contribution >= 4 is 12.1 Å². The summed E-state index contributed by atoms with van der Waals surface area (Å²) in [7, 11) is 1.41. The van der Waals surface area contributed by atoms with Crippen molar-refractivity contribution in [2.24, 2.45) is 5.92 Å². The first-order valence-corrected chi connectivity index (χ1v) is 10.9. The van der Waals surface area contributed by atoms with E-state index in [9.17, 15) is 9.59 Å². The van der Waals surface area contributed by atoms with Gasteiger partial charge in [-0.1, -0.05) is 48.5 Å². The van der Waals surface area contributed by atoms with Gasteiger partial charge in [-0.15, -0.1) is 0 Å². The van der Waals surface area contributed by atoms with Crippen molar-refractivity contribution in [3.8, 4) is 11.1 Å². The molecule has 31 heavy (non-hydrogen) atoms. The van der Waals surface area contributed by atoms with Crippen LogP contribution in [0.15, 0.2) is 48.5 Å². The van der Waals surface area contributed by atoms with Gasteiger partial charge in [0.05, 0.1) is 32.4 Å². The molecular formula is C25H27NO5. The second-order valence-corrected chi connectivity index (χ2v) is 8.67. The summed E-state index contributed by atoms with van der Waals surface area (Å²) < 4.78 is 16.4. The fraction of sp³-hybridized carbons (Fsp3) is 0.440. The SMILES string of the molecule is COC(=O)CC1CC2COCC(C1)N2C(=O)OCC1c2ccccc2-c2ccccc21. The summed E-state index contributed by atoms with van der Waals surface area (Å²) in [6, 6.07) is 16.5. The van der Waals surface area contributed by atoms with Crippen LogP contribution in [0.3, 0.4) is 0 Å². The lowest BCUT2D eigenvalue weighted by atomic mass is 9.83. The smallest absolute Gasteiger partial charge is 0.410 e. The van der Waals surface area contributed by atoms with Crippen LogP contribution in [0.25, 0.3) is 11.1 Å². The summed E-state index contributed by atoms with van der Waals surface area (Å²) >= 11 is 0. The Bertz CT molecular complexity index is 930. The van der Waals surface area contributed by atoms with Gasteiger partial charge < -0.3 is 14.2 Å². The van der Waals surface area contributed by atoms with E-state index in [2.05, 4.69) is 24.3 Å². The van der Waals surface area contributed by atoms with Crippen LogP contribution in [0.1, 0.15) is 36.3 Å². The third-order valence-electron chi connectivity index (χ3n) is 6.85. The summed E-state index contributed by atoms with van der Waals surface area (Å²) in [4.78, 5) is 26.7. The van der Waals surface area contributed by atoms with Crippen LogP contribution in [-0.4, -0.2) is 56.0 Å². The van der Waals surface area contributed by atoms with E-state index in [0.717, 1.165) is 12.8 Å². The number of piperidine rings is 1. The third-order valence-corrected chi connectivity index (χ3v) is 6.85. The first kappa shape index (κ1) is 20.1. The zero-order chi connectivity index (χ0) is 21.4. The van der Waals surface area contributed by atoms with E-state index in [-0.39, 0.29) is 36.0 Å². The zero-order valence-corrected chi connectivity index (χ0v) is 17.7. The molecule has 2 fully saturated rings. The molecule has 0 spiro atoms. The molecule has 162 valence electrons. The summed E-state index contributed by atoms with van der Waals surface area (Å²) in [6.45, 7) is 1.28. The zero-order valence-electron chi connectivity index (χ0n) is 17.7. The monoisotopic (exact) mass is 421 g/mol. The molecule has 2 aliphatic heterocycles. The topological polar surface area (TPSA) is 65.1 Å². The predicted molar refractivity (Wildman–Crippen MR) is 115 cm³/mol. The van der Waals surface area contributed by atoms with Crippen molar-refractivity contribution in [3.63, 3.8) is 0 Å². The maximum Gasteiger partial charge on any atom is 0.410 e. The molecular weight excluding hydrogens is 394 g/mol. The summed E-state index contributed by atoms with van der Waals surface area (Å²) in [5.41, 5.74) is 4.84. The first-order valence-electron chi connectivity index (χ1n) is 10.9. The van der Waals surface area contributed by atoms with Crippen molar-refractivity contribution in [1.82, 2.24) is 4.90 Å². The van der Waals surface area contributed by atoms with Crippen LogP contribution in [0, 0.1) is 5.92 Å². The standard InChI is InChI=1S/C25H27NO5/c1-29-24(27)12-16-10-17-13-30-14-18(11-16)26(17)25(28)31-15-23-21-8-4-2-6-19(21)20-7-3-5-9-22(20)23/h2-9,16-18,23H,10-15H2,1H3. The Morgan fingerprint density at radius 2 is 1.55 bits per heavy atom. The van der Waals surface area contributed by atoms with Gasteiger partial charge in [0.25, 0.3) is 0 Å². The highest BCUT2D eigenvalue weighted by Crippen LogP contribution is 2.44. The predicted octanol–water partition coefficient (Wildman–Crippen LogP) is 3.98. The fourth-order valence-electron chi connectivity index (χ4n) is 5.48. The van der Waals surface area contributed by atoms with E-state index in [1.165, 1.54) is 29.4 Å². The molecule has 1 amide bonds. The van der Waals surface area contributed by atoms with Gasteiger partial charge in [-0.25, -0.2) is 4.79 Å². The largest absolute Gasteiger partial charge is 0.469 e. The van der Waals surface area contributed by atoms with Crippen molar-refractivity contribution in [1.29, 1.82) is 0 Å². The van der Waals surface area contributed by atoms with Gasteiger partial charge in [0.1, 0.15) is 6.61 Å². The number of rotatable bonds is 4. The van der Waals surface area contributed by atoms with Gasteiger partial charge in [-0.3, -0.25) is 9.69 Å². The number of methoxy groups -OCH3 is 1. The minimum atomic E-state index is -0.281. The summed E-state index contributed by atoms with van der Waals surface area (Å²) in [5, 5.41) is 0. The number of morpholine rings is 1. The van der Waals surface area contributed by atoms with Gasteiger partial charge >= 0.3 is 12.1 Å². The average Bonchev–Trinajstić information content (AvgIpc) is 3.10. The second kappa shape index (κ2) is 8.35. The van der Waals surface area contributed by atoms with Gasteiger partial charge in [-0.2, -0.15) is 0 Å². The highest BCUT2D eigenvalue weighted by atomic mass is 16.6. The Morgan fingerprint density at radius 1 is 0.968 bits per heavy atom. The number of carbonyl (C=O) groups is 2. The van der Waals surface area contributed by atoms with E-state index < -0.39 is 0 Å². The van der Waals surface area contributed by atoms with E-state index in [1.807, 2.05) is 29.2 Å². The summed E-state index contributed by atoms with van der Waals surface area (Å²) in [5.74, 6) is 0.0619. The van der Waals surface area contributed by atoms with E-state index >= 15 is 0 Å². The molecule has 2 bridgehead atoms. The minimum Gasteiger partial charge on any atom is -0.469 e. The lowest BCUT2D eigenvalue weighted by Gasteiger charge is -2.47. The Morgan fingerprint density at radius 3 is 2.13 bits per heavy atom. The second-order valence-electron chi connectivity index (χ2n) is 8.67. The Labute approximate surface area is 182 Å². The van der Waals surface area contributed by atoms with Gasteiger partial charge in [0.15, 0.2) is 0 Å². The van der Waals surface area contributed by atoms with Crippen molar-refractivity contribution < 1.29 is 23.8 Å². The number of esters is 1. The molecule has 2 atom stereocenters. The molecule has 6 nitrogen and oxygen atoms in total. The number of benzene rings is 2. The summed E-state index contributed by atoms with van der Waals surface area (Å²) in [6.07, 6.45) is 1.57. The Balaban J connectivity index is 1.29. The molecule has 2 heterocycles. The molecule has 2 saturated heterocycles. The number of hydrogen-bond acceptors (Lipinski definition) is 5. The third kappa shape index (κ3) is 3.69. The fourth-order valence-corrected chi connectivity index (χ4v) is 5.48. The molecule has 6 heteroatoms. The Hall–Kier alpha value is -2.86. The number of ether oxygens (including phenoxy) is 3. The van der Waals surface area contributed by atoms with Crippen LogP contribution in [0.5, 0.6) is 0 Å². The molecule has 1 aliphatic carbocycles. The van der Waals surface area contributed by atoms with Gasteiger partial charge in [0, 0.05) is 12.3 Å². The average molecular weight is 421 g/mol.